The molecule has 1 N–H and O–H groups in total. The van der Waals surface area contributed by atoms with Crippen molar-refractivity contribution in [3.8, 4) is 6.07 Å². The number of aromatic nitrogens is 1. The van der Waals surface area contributed by atoms with Crippen LogP contribution in [0.5, 0.6) is 0 Å². The Morgan fingerprint density at radius 1 is 1.64 bits per heavy atom. The van der Waals surface area contributed by atoms with Crippen molar-refractivity contribution in [1.82, 2.24) is 10.3 Å². The molecule has 0 aliphatic rings. The Morgan fingerprint density at radius 3 is 2.86 bits per heavy atom. The van der Waals surface area contributed by atoms with Gasteiger partial charge < -0.3 is 5.32 Å². The lowest BCUT2D eigenvalue weighted by molar-refractivity contribution is -0.123. The second-order valence-corrected chi connectivity index (χ2v) is 2.92. The number of amides is 1. The summed E-state index contributed by atoms with van der Waals surface area (Å²) in [6, 6.07) is 5.51. The minimum absolute atomic E-state index is 0.246. The molecule has 14 heavy (non-hydrogen) atoms. The minimum atomic E-state index is -0.600. The van der Waals surface area contributed by atoms with Crippen LogP contribution in [0.15, 0.2) is 24.5 Å². The fourth-order valence-corrected chi connectivity index (χ4v) is 0.902. The zero-order valence-electron chi connectivity index (χ0n) is 7.90. The standard InChI is InChI=1S/C10H11N3O/c1-8(6-11)10(14)13-7-9-2-4-12-5-3-9/h2-5,8H,7H2,1H3,(H,13,14). The first-order valence-corrected chi connectivity index (χ1v) is 4.30. The van der Waals surface area contributed by atoms with Crippen molar-refractivity contribution in [1.29, 1.82) is 5.26 Å². The van der Waals surface area contributed by atoms with Gasteiger partial charge in [0.1, 0.15) is 5.92 Å². The number of carbonyl (C=O) groups excluding carboxylic acids is 1. The average Bonchev–Trinajstić information content (AvgIpc) is 2.26. The summed E-state index contributed by atoms with van der Waals surface area (Å²) in [6.07, 6.45) is 3.32. The number of pyridine rings is 1. The molecular formula is C10H11N3O. The summed E-state index contributed by atoms with van der Waals surface area (Å²) >= 11 is 0. The maximum atomic E-state index is 11.2. The van der Waals surface area contributed by atoms with E-state index in [9.17, 15) is 4.79 Å². The van der Waals surface area contributed by atoms with E-state index in [0.717, 1.165) is 5.56 Å². The van der Waals surface area contributed by atoms with Crippen LogP contribution in [0, 0.1) is 17.2 Å². The third-order valence-corrected chi connectivity index (χ3v) is 1.80. The molecule has 1 heterocycles. The summed E-state index contributed by atoms with van der Waals surface area (Å²) in [7, 11) is 0. The van der Waals surface area contributed by atoms with Gasteiger partial charge in [-0.3, -0.25) is 9.78 Å². The third kappa shape index (κ3) is 2.87. The van der Waals surface area contributed by atoms with E-state index in [1.54, 1.807) is 19.3 Å². The van der Waals surface area contributed by atoms with Gasteiger partial charge in [0.2, 0.25) is 5.91 Å². The predicted molar refractivity (Wildman–Crippen MR) is 50.9 cm³/mol. The van der Waals surface area contributed by atoms with Crippen molar-refractivity contribution in [2.45, 2.75) is 13.5 Å². The molecular weight excluding hydrogens is 178 g/mol. The van der Waals surface area contributed by atoms with Crippen molar-refractivity contribution >= 4 is 5.91 Å². The number of hydrogen-bond acceptors (Lipinski definition) is 3. The third-order valence-electron chi connectivity index (χ3n) is 1.80. The smallest absolute Gasteiger partial charge is 0.237 e. The Morgan fingerprint density at radius 2 is 2.29 bits per heavy atom. The molecule has 0 fully saturated rings. The molecule has 0 radical (unpaired) electrons. The maximum Gasteiger partial charge on any atom is 0.237 e. The Hall–Kier alpha value is -1.89. The van der Waals surface area contributed by atoms with Crippen LogP contribution in [-0.2, 0) is 11.3 Å². The van der Waals surface area contributed by atoms with E-state index in [0.29, 0.717) is 6.54 Å². The molecule has 1 atom stereocenters. The van der Waals surface area contributed by atoms with E-state index in [4.69, 9.17) is 5.26 Å². The second-order valence-electron chi connectivity index (χ2n) is 2.92. The van der Waals surface area contributed by atoms with Crippen molar-refractivity contribution in [2.24, 2.45) is 5.92 Å². The first-order chi connectivity index (χ1) is 6.74. The van der Waals surface area contributed by atoms with Crippen LogP contribution >= 0.6 is 0 Å². The molecule has 1 aromatic heterocycles. The van der Waals surface area contributed by atoms with Gasteiger partial charge in [0.25, 0.3) is 0 Å². The van der Waals surface area contributed by atoms with Gasteiger partial charge in [0.05, 0.1) is 6.07 Å². The Balaban J connectivity index is 2.43. The highest BCUT2D eigenvalue weighted by Gasteiger charge is 2.09. The van der Waals surface area contributed by atoms with Gasteiger partial charge in [-0.25, -0.2) is 0 Å². The maximum absolute atomic E-state index is 11.2. The molecule has 1 aromatic rings. The molecule has 1 rings (SSSR count). The fourth-order valence-electron chi connectivity index (χ4n) is 0.902. The quantitative estimate of drug-likeness (QED) is 0.766. The highest BCUT2D eigenvalue weighted by molar-refractivity contribution is 5.80. The van der Waals surface area contributed by atoms with Crippen LogP contribution < -0.4 is 5.32 Å². The molecule has 0 spiro atoms. The lowest BCUT2D eigenvalue weighted by Gasteiger charge is -2.05. The van der Waals surface area contributed by atoms with Gasteiger partial charge in [-0.05, 0) is 24.6 Å². The van der Waals surface area contributed by atoms with E-state index < -0.39 is 5.92 Å². The van der Waals surface area contributed by atoms with Crippen LogP contribution in [-0.4, -0.2) is 10.9 Å². The highest BCUT2D eigenvalue weighted by Crippen LogP contribution is 1.97. The summed E-state index contributed by atoms with van der Waals surface area (Å²) < 4.78 is 0. The average molecular weight is 189 g/mol. The van der Waals surface area contributed by atoms with Gasteiger partial charge >= 0.3 is 0 Å². The van der Waals surface area contributed by atoms with E-state index in [1.807, 2.05) is 18.2 Å². The van der Waals surface area contributed by atoms with E-state index in [1.165, 1.54) is 0 Å². The normalized spacial score (nSPS) is 11.4. The van der Waals surface area contributed by atoms with Crippen LogP contribution in [0.2, 0.25) is 0 Å². The van der Waals surface area contributed by atoms with Crippen molar-refractivity contribution in [2.75, 3.05) is 0 Å². The van der Waals surface area contributed by atoms with E-state index >= 15 is 0 Å². The molecule has 4 heteroatoms. The van der Waals surface area contributed by atoms with Gasteiger partial charge in [0.15, 0.2) is 0 Å². The molecule has 0 aliphatic heterocycles. The summed E-state index contributed by atoms with van der Waals surface area (Å²) in [5.74, 6) is -0.846. The lowest BCUT2D eigenvalue weighted by atomic mass is 10.2. The van der Waals surface area contributed by atoms with Gasteiger partial charge in [-0.15, -0.1) is 0 Å². The molecule has 0 aromatic carbocycles. The monoisotopic (exact) mass is 189 g/mol. The predicted octanol–water partition coefficient (Wildman–Crippen LogP) is 0.857. The zero-order valence-corrected chi connectivity index (χ0v) is 7.90. The van der Waals surface area contributed by atoms with Gasteiger partial charge in [-0.2, -0.15) is 5.26 Å². The number of nitrogens with zero attached hydrogens (tertiary/aromatic N) is 2. The summed E-state index contributed by atoms with van der Waals surface area (Å²) in [6.45, 7) is 2.01. The van der Waals surface area contributed by atoms with Crippen molar-refractivity contribution in [3.63, 3.8) is 0 Å². The Kier molecular flexibility index (Phi) is 3.62. The fraction of sp³-hybridized carbons (Fsp3) is 0.300. The number of nitriles is 1. The number of carbonyl (C=O) groups is 1. The number of nitrogens with one attached hydrogen (secondary N) is 1. The first-order valence-electron chi connectivity index (χ1n) is 4.30. The molecule has 1 unspecified atom stereocenters. The number of hydrogen-bond donors (Lipinski definition) is 1. The SMILES string of the molecule is CC(C#N)C(=O)NCc1ccncc1. The molecule has 0 aliphatic carbocycles. The molecule has 72 valence electrons. The lowest BCUT2D eigenvalue weighted by Crippen LogP contribution is -2.27. The zero-order chi connectivity index (χ0) is 10.4. The van der Waals surface area contributed by atoms with Crippen LogP contribution in [0.3, 0.4) is 0 Å². The van der Waals surface area contributed by atoms with Gasteiger partial charge in [0, 0.05) is 18.9 Å². The van der Waals surface area contributed by atoms with Crippen molar-refractivity contribution in [3.05, 3.63) is 30.1 Å². The van der Waals surface area contributed by atoms with Crippen molar-refractivity contribution < 1.29 is 4.79 Å². The molecule has 1 amide bonds. The summed E-state index contributed by atoms with van der Waals surface area (Å²) in [5, 5.41) is 11.1. The highest BCUT2D eigenvalue weighted by atomic mass is 16.1. The van der Waals surface area contributed by atoms with Crippen LogP contribution in [0.25, 0.3) is 0 Å². The molecule has 4 nitrogen and oxygen atoms in total. The van der Waals surface area contributed by atoms with Gasteiger partial charge in [-0.1, -0.05) is 0 Å². The summed E-state index contributed by atoms with van der Waals surface area (Å²) in [4.78, 5) is 15.1. The largest absolute Gasteiger partial charge is 0.351 e. The molecule has 0 saturated carbocycles. The minimum Gasteiger partial charge on any atom is -0.351 e. The topological polar surface area (TPSA) is 65.8 Å². The Bertz CT molecular complexity index is 342. The summed E-state index contributed by atoms with van der Waals surface area (Å²) in [5.41, 5.74) is 0.971. The van der Waals surface area contributed by atoms with E-state index in [2.05, 4.69) is 10.3 Å². The van der Waals surface area contributed by atoms with E-state index in [-0.39, 0.29) is 5.91 Å². The Labute approximate surface area is 82.6 Å². The molecule has 0 saturated heterocycles. The van der Waals surface area contributed by atoms with Crippen LogP contribution in [0.1, 0.15) is 12.5 Å². The molecule has 0 bridgehead atoms. The number of rotatable bonds is 3. The second kappa shape index (κ2) is 4.97. The first kappa shape index (κ1) is 10.2. The van der Waals surface area contributed by atoms with Crippen LogP contribution in [0.4, 0.5) is 0 Å².